The number of carboxylic acids is 1. The minimum atomic E-state index is -0.829. The molecule has 3 heteroatoms. The van der Waals surface area contributed by atoms with Gasteiger partial charge in [-0.2, -0.15) is 0 Å². The van der Waals surface area contributed by atoms with E-state index in [9.17, 15) is 4.79 Å². The van der Waals surface area contributed by atoms with Gasteiger partial charge >= 0.3 is 5.97 Å². The summed E-state index contributed by atoms with van der Waals surface area (Å²) in [6.07, 6.45) is 8.19. The maximum absolute atomic E-state index is 11.0. The van der Waals surface area contributed by atoms with Crippen LogP contribution in [0.4, 0.5) is 0 Å². The Kier molecular flexibility index (Phi) is 3.03. The predicted molar refractivity (Wildman–Crippen MR) is 62.6 cm³/mol. The van der Waals surface area contributed by atoms with E-state index in [1.54, 1.807) is 6.07 Å². The second-order valence-electron chi connectivity index (χ2n) is 5.20. The molecule has 0 amide bonds. The molecule has 0 atom stereocenters. The first kappa shape index (κ1) is 11.2. The molecule has 0 unspecified atom stereocenters. The van der Waals surface area contributed by atoms with Gasteiger partial charge in [0.2, 0.25) is 0 Å². The Balaban J connectivity index is 2.13. The van der Waals surface area contributed by atoms with Crippen LogP contribution < -0.4 is 0 Å². The Morgan fingerprint density at radius 2 is 2.12 bits per heavy atom. The molecule has 0 aromatic carbocycles. The lowest BCUT2D eigenvalue weighted by atomic mass is 9.75. The largest absolute Gasteiger partial charge is 0.477 e. The standard InChI is InChI=1S/C13H19NO2/c1-13(7-3-2-4-8-13)10-14-9-5-6-11(14)12(15)16/h5-6,9H,2-4,7-8,10H2,1H3,(H,15,16). The normalized spacial score (nSPS) is 19.6. The van der Waals surface area contributed by atoms with Crippen LogP contribution >= 0.6 is 0 Å². The van der Waals surface area contributed by atoms with Crippen LogP contribution in [-0.4, -0.2) is 15.6 Å². The molecule has 0 saturated heterocycles. The fourth-order valence-corrected chi connectivity index (χ4v) is 2.72. The van der Waals surface area contributed by atoms with E-state index in [1.807, 2.05) is 16.8 Å². The van der Waals surface area contributed by atoms with Crippen molar-refractivity contribution in [3.05, 3.63) is 24.0 Å². The molecule has 1 aliphatic carbocycles. The zero-order chi connectivity index (χ0) is 11.6. The molecule has 0 bridgehead atoms. The SMILES string of the molecule is CC1(Cn2cccc2C(=O)O)CCCCC1. The van der Waals surface area contributed by atoms with Crippen LogP contribution in [0.5, 0.6) is 0 Å². The Labute approximate surface area is 96.1 Å². The Morgan fingerprint density at radius 3 is 2.75 bits per heavy atom. The monoisotopic (exact) mass is 221 g/mol. The third kappa shape index (κ3) is 2.29. The predicted octanol–water partition coefficient (Wildman–Crippen LogP) is 3.16. The van der Waals surface area contributed by atoms with Gasteiger partial charge in [0.05, 0.1) is 0 Å². The lowest BCUT2D eigenvalue weighted by Gasteiger charge is -2.34. The summed E-state index contributed by atoms with van der Waals surface area (Å²) in [5.74, 6) is -0.829. The molecule has 16 heavy (non-hydrogen) atoms. The zero-order valence-corrected chi connectivity index (χ0v) is 9.78. The highest BCUT2D eigenvalue weighted by Crippen LogP contribution is 2.37. The summed E-state index contributed by atoms with van der Waals surface area (Å²) >= 11 is 0. The Hall–Kier alpha value is -1.25. The van der Waals surface area contributed by atoms with Crippen LogP contribution in [0.1, 0.15) is 49.5 Å². The van der Waals surface area contributed by atoms with Crippen molar-refractivity contribution in [3.8, 4) is 0 Å². The van der Waals surface area contributed by atoms with Gasteiger partial charge in [-0.3, -0.25) is 0 Å². The van der Waals surface area contributed by atoms with E-state index in [0.717, 1.165) is 6.54 Å². The molecule has 0 aliphatic heterocycles. The number of aromatic nitrogens is 1. The highest BCUT2D eigenvalue weighted by molar-refractivity contribution is 5.85. The molecule has 1 aliphatic rings. The maximum atomic E-state index is 11.0. The molecule has 1 fully saturated rings. The minimum absolute atomic E-state index is 0.279. The number of rotatable bonds is 3. The Bertz CT molecular complexity index is 375. The van der Waals surface area contributed by atoms with E-state index in [2.05, 4.69) is 6.92 Å². The van der Waals surface area contributed by atoms with Crippen molar-refractivity contribution in [1.29, 1.82) is 0 Å². The van der Waals surface area contributed by atoms with Gasteiger partial charge in [-0.15, -0.1) is 0 Å². The summed E-state index contributed by atoms with van der Waals surface area (Å²) in [6, 6.07) is 3.49. The molecule has 1 heterocycles. The second-order valence-corrected chi connectivity index (χ2v) is 5.20. The van der Waals surface area contributed by atoms with E-state index in [0.29, 0.717) is 5.69 Å². The zero-order valence-electron chi connectivity index (χ0n) is 9.78. The van der Waals surface area contributed by atoms with Crippen LogP contribution in [-0.2, 0) is 6.54 Å². The van der Waals surface area contributed by atoms with Gasteiger partial charge in [0.1, 0.15) is 5.69 Å². The average molecular weight is 221 g/mol. The minimum Gasteiger partial charge on any atom is -0.477 e. The highest BCUT2D eigenvalue weighted by Gasteiger charge is 2.28. The molecule has 1 N–H and O–H groups in total. The molecule has 1 aromatic rings. The average Bonchev–Trinajstić information content (AvgIpc) is 2.66. The maximum Gasteiger partial charge on any atom is 0.352 e. The van der Waals surface area contributed by atoms with Crippen molar-refractivity contribution in [2.24, 2.45) is 5.41 Å². The Morgan fingerprint density at radius 1 is 1.44 bits per heavy atom. The summed E-state index contributed by atoms with van der Waals surface area (Å²) < 4.78 is 1.88. The van der Waals surface area contributed by atoms with Crippen molar-refractivity contribution >= 4 is 5.97 Å². The molecule has 3 nitrogen and oxygen atoms in total. The number of hydrogen-bond donors (Lipinski definition) is 1. The lowest BCUT2D eigenvalue weighted by molar-refractivity contribution is 0.0679. The van der Waals surface area contributed by atoms with E-state index < -0.39 is 5.97 Å². The van der Waals surface area contributed by atoms with E-state index >= 15 is 0 Å². The van der Waals surface area contributed by atoms with Crippen molar-refractivity contribution in [2.45, 2.75) is 45.6 Å². The van der Waals surface area contributed by atoms with E-state index in [-0.39, 0.29) is 5.41 Å². The van der Waals surface area contributed by atoms with Crippen LogP contribution in [0.2, 0.25) is 0 Å². The summed E-state index contributed by atoms with van der Waals surface area (Å²) in [4.78, 5) is 11.0. The summed E-state index contributed by atoms with van der Waals surface area (Å²) in [6.45, 7) is 3.11. The smallest absolute Gasteiger partial charge is 0.352 e. The van der Waals surface area contributed by atoms with Gasteiger partial charge in [0, 0.05) is 12.7 Å². The molecule has 88 valence electrons. The molecule has 2 rings (SSSR count). The van der Waals surface area contributed by atoms with Crippen LogP contribution in [0.15, 0.2) is 18.3 Å². The number of aromatic carboxylic acids is 1. The fourth-order valence-electron chi connectivity index (χ4n) is 2.72. The lowest BCUT2D eigenvalue weighted by Crippen LogP contribution is -2.27. The number of nitrogens with zero attached hydrogens (tertiary/aromatic N) is 1. The first-order chi connectivity index (χ1) is 7.61. The molecule has 0 spiro atoms. The molecule has 1 aromatic heterocycles. The first-order valence-electron chi connectivity index (χ1n) is 5.99. The van der Waals surface area contributed by atoms with Crippen molar-refractivity contribution in [3.63, 3.8) is 0 Å². The summed E-state index contributed by atoms with van der Waals surface area (Å²) in [7, 11) is 0. The summed E-state index contributed by atoms with van der Waals surface area (Å²) in [5.41, 5.74) is 0.688. The third-order valence-electron chi connectivity index (χ3n) is 3.66. The molecule has 1 saturated carbocycles. The second kappa shape index (κ2) is 4.32. The first-order valence-corrected chi connectivity index (χ1v) is 5.99. The van der Waals surface area contributed by atoms with Crippen molar-refractivity contribution in [2.75, 3.05) is 0 Å². The van der Waals surface area contributed by atoms with Gasteiger partial charge in [0.25, 0.3) is 0 Å². The number of hydrogen-bond acceptors (Lipinski definition) is 1. The summed E-state index contributed by atoms with van der Waals surface area (Å²) in [5, 5.41) is 9.05. The van der Waals surface area contributed by atoms with Gasteiger partial charge in [-0.25, -0.2) is 4.79 Å². The third-order valence-corrected chi connectivity index (χ3v) is 3.66. The highest BCUT2D eigenvalue weighted by atomic mass is 16.4. The van der Waals surface area contributed by atoms with Gasteiger partial charge < -0.3 is 9.67 Å². The number of carboxylic acid groups (broad SMARTS) is 1. The van der Waals surface area contributed by atoms with Crippen LogP contribution in [0.3, 0.4) is 0 Å². The fraction of sp³-hybridized carbons (Fsp3) is 0.615. The molecule has 0 radical (unpaired) electrons. The van der Waals surface area contributed by atoms with Gasteiger partial charge in [-0.05, 0) is 30.4 Å². The topological polar surface area (TPSA) is 42.2 Å². The van der Waals surface area contributed by atoms with Gasteiger partial charge in [0.15, 0.2) is 0 Å². The molecular weight excluding hydrogens is 202 g/mol. The van der Waals surface area contributed by atoms with Gasteiger partial charge in [-0.1, -0.05) is 26.2 Å². The van der Waals surface area contributed by atoms with Crippen LogP contribution in [0, 0.1) is 5.41 Å². The molecular formula is C13H19NO2. The van der Waals surface area contributed by atoms with E-state index in [4.69, 9.17) is 5.11 Å². The quantitative estimate of drug-likeness (QED) is 0.851. The van der Waals surface area contributed by atoms with Crippen LogP contribution in [0.25, 0.3) is 0 Å². The van der Waals surface area contributed by atoms with Crippen molar-refractivity contribution < 1.29 is 9.90 Å². The van der Waals surface area contributed by atoms with E-state index in [1.165, 1.54) is 32.1 Å². The number of carbonyl (C=O) groups is 1. The van der Waals surface area contributed by atoms with Crippen molar-refractivity contribution in [1.82, 2.24) is 4.57 Å².